The summed E-state index contributed by atoms with van der Waals surface area (Å²) >= 11 is 1.45. The quantitative estimate of drug-likeness (QED) is 0.0674. The SMILES string of the molecule is CC(C)(C)C(NC(=O)COCCOCCOCCOc1ccc(Oc2c(-c3ccc(F)cc3)sc3cc(O)ccc23)cc1)C(=O)N1CCC[C@H]1C(=O)NCc1ccc(C#N)cc1. The van der Waals surface area contributed by atoms with E-state index in [4.69, 9.17) is 28.9 Å². The van der Waals surface area contributed by atoms with Gasteiger partial charge in [0.1, 0.15) is 48.4 Å². The first-order valence-corrected chi connectivity index (χ1v) is 21.2. The fourth-order valence-electron chi connectivity index (χ4n) is 6.82. The molecule has 62 heavy (non-hydrogen) atoms. The third kappa shape index (κ3) is 12.5. The number of ether oxygens (including phenoxy) is 5. The summed E-state index contributed by atoms with van der Waals surface area (Å²) in [7, 11) is 0. The third-order valence-corrected chi connectivity index (χ3v) is 11.2. The van der Waals surface area contributed by atoms with Gasteiger partial charge in [-0.05, 0) is 96.1 Å². The highest BCUT2D eigenvalue weighted by molar-refractivity contribution is 7.22. The van der Waals surface area contributed by atoms with Crippen molar-refractivity contribution in [1.29, 1.82) is 5.26 Å². The average Bonchev–Trinajstić information content (AvgIpc) is 3.89. The number of nitrogens with one attached hydrogen (secondary N) is 2. The minimum absolute atomic E-state index is 0.150. The first kappa shape index (κ1) is 45.5. The highest BCUT2D eigenvalue weighted by atomic mass is 32.1. The van der Waals surface area contributed by atoms with Gasteiger partial charge >= 0.3 is 0 Å². The first-order chi connectivity index (χ1) is 29.9. The number of nitriles is 1. The molecule has 2 atom stereocenters. The molecule has 6 rings (SSSR count). The van der Waals surface area contributed by atoms with Gasteiger partial charge in [0.15, 0.2) is 5.75 Å². The number of phenolic OH excluding ortho intramolecular Hbond substituents is 1. The van der Waals surface area contributed by atoms with Crippen LogP contribution in [0.5, 0.6) is 23.0 Å². The zero-order valence-corrected chi connectivity index (χ0v) is 35.8. The van der Waals surface area contributed by atoms with E-state index in [1.807, 2.05) is 20.8 Å². The van der Waals surface area contributed by atoms with Crippen molar-refractivity contribution in [3.63, 3.8) is 0 Å². The molecule has 0 saturated carbocycles. The molecule has 15 heteroatoms. The van der Waals surface area contributed by atoms with Gasteiger partial charge in [0, 0.05) is 23.2 Å². The topological polar surface area (TPSA) is 169 Å². The summed E-state index contributed by atoms with van der Waals surface area (Å²) in [6, 6.07) is 26.0. The van der Waals surface area contributed by atoms with E-state index >= 15 is 0 Å². The van der Waals surface area contributed by atoms with Crippen LogP contribution in [0.4, 0.5) is 4.39 Å². The number of fused-ring (bicyclic) bond motifs is 1. The van der Waals surface area contributed by atoms with Crippen LogP contribution in [0.3, 0.4) is 0 Å². The van der Waals surface area contributed by atoms with Crippen LogP contribution in [0.15, 0.2) is 91.0 Å². The number of thiophene rings is 1. The highest BCUT2D eigenvalue weighted by Gasteiger charge is 2.41. The molecule has 3 amide bonds. The zero-order valence-electron chi connectivity index (χ0n) is 35.0. The molecule has 0 radical (unpaired) electrons. The molecule has 4 aromatic carbocycles. The van der Waals surface area contributed by atoms with Crippen LogP contribution in [-0.2, 0) is 35.1 Å². The summed E-state index contributed by atoms with van der Waals surface area (Å²) in [6.07, 6.45) is 1.20. The molecule has 1 saturated heterocycles. The highest BCUT2D eigenvalue weighted by Crippen LogP contribution is 2.47. The molecule has 1 fully saturated rings. The Balaban J connectivity index is 0.846. The molecular weight excluding hydrogens is 816 g/mol. The Morgan fingerprint density at radius 1 is 0.887 bits per heavy atom. The van der Waals surface area contributed by atoms with Gasteiger partial charge < -0.3 is 44.3 Å². The van der Waals surface area contributed by atoms with E-state index in [0.717, 1.165) is 26.1 Å². The minimum Gasteiger partial charge on any atom is -0.508 e. The van der Waals surface area contributed by atoms with Crippen LogP contribution in [0.1, 0.15) is 44.7 Å². The van der Waals surface area contributed by atoms with E-state index in [2.05, 4.69) is 16.7 Å². The molecule has 0 spiro atoms. The maximum absolute atomic E-state index is 13.8. The van der Waals surface area contributed by atoms with E-state index in [-0.39, 0.29) is 49.7 Å². The molecule has 2 heterocycles. The summed E-state index contributed by atoms with van der Waals surface area (Å²) < 4.78 is 43.3. The number of hydrogen-bond acceptors (Lipinski definition) is 11. The van der Waals surface area contributed by atoms with Gasteiger partial charge in [-0.2, -0.15) is 5.26 Å². The number of benzene rings is 4. The monoisotopic (exact) mass is 866 g/mol. The lowest BCUT2D eigenvalue weighted by molar-refractivity contribution is -0.144. The lowest BCUT2D eigenvalue weighted by atomic mass is 9.85. The summed E-state index contributed by atoms with van der Waals surface area (Å²) in [5.74, 6) is 0.638. The normalized spacial score (nSPS) is 14.3. The summed E-state index contributed by atoms with van der Waals surface area (Å²) in [5, 5.41) is 25.6. The molecule has 0 aliphatic carbocycles. The number of nitrogens with zero attached hydrogens (tertiary/aromatic N) is 2. The molecule has 1 aliphatic heterocycles. The molecule has 13 nitrogen and oxygen atoms in total. The lowest BCUT2D eigenvalue weighted by Crippen LogP contribution is -2.58. The second kappa shape index (κ2) is 21.7. The Kier molecular flexibility index (Phi) is 15.9. The summed E-state index contributed by atoms with van der Waals surface area (Å²) in [5.41, 5.74) is 1.55. The van der Waals surface area contributed by atoms with E-state index in [1.165, 1.54) is 23.5 Å². The van der Waals surface area contributed by atoms with Crippen LogP contribution < -0.4 is 20.1 Å². The molecule has 5 aromatic rings. The molecule has 1 unspecified atom stereocenters. The second-order valence-electron chi connectivity index (χ2n) is 15.7. The Hall–Kier alpha value is -6.05. The largest absolute Gasteiger partial charge is 0.508 e. The molecule has 1 aliphatic rings. The fourth-order valence-corrected chi connectivity index (χ4v) is 7.99. The van der Waals surface area contributed by atoms with Crippen molar-refractivity contribution in [3.05, 3.63) is 108 Å². The molecule has 326 valence electrons. The van der Waals surface area contributed by atoms with Crippen molar-refractivity contribution in [2.24, 2.45) is 5.41 Å². The summed E-state index contributed by atoms with van der Waals surface area (Å²) in [4.78, 5) is 42.1. The van der Waals surface area contributed by atoms with Gasteiger partial charge in [0.05, 0.1) is 49.5 Å². The number of rotatable bonds is 20. The Morgan fingerprint density at radius 2 is 1.55 bits per heavy atom. The summed E-state index contributed by atoms with van der Waals surface area (Å²) in [6.45, 7) is 7.71. The van der Waals surface area contributed by atoms with Crippen molar-refractivity contribution < 1.29 is 47.6 Å². The second-order valence-corrected chi connectivity index (χ2v) is 16.8. The van der Waals surface area contributed by atoms with Crippen LogP contribution in [0.25, 0.3) is 20.5 Å². The minimum atomic E-state index is -0.866. The number of carbonyl (C=O) groups is 3. The Bertz CT molecular complexity index is 2320. The van der Waals surface area contributed by atoms with Crippen molar-refractivity contribution in [2.45, 2.75) is 52.2 Å². The van der Waals surface area contributed by atoms with Crippen molar-refractivity contribution >= 4 is 39.1 Å². The van der Waals surface area contributed by atoms with Crippen LogP contribution in [0, 0.1) is 22.6 Å². The Labute approximate surface area is 364 Å². The average molecular weight is 867 g/mol. The van der Waals surface area contributed by atoms with Crippen molar-refractivity contribution in [1.82, 2.24) is 15.5 Å². The van der Waals surface area contributed by atoms with Gasteiger partial charge in [-0.25, -0.2) is 4.39 Å². The number of amides is 3. The van der Waals surface area contributed by atoms with Crippen LogP contribution in [0.2, 0.25) is 0 Å². The lowest BCUT2D eigenvalue weighted by Gasteiger charge is -2.35. The van der Waals surface area contributed by atoms with Crippen molar-refractivity contribution in [3.8, 4) is 39.5 Å². The zero-order chi connectivity index (χ0) is 44.1. The van der Waals surface area contributed by atoms with E-state index in [9.17, 15) is 23.9 Å². The Morgan fingerprint density at radius 3 is 2.23 bits per heavy atom. The predicted molar refractivity (Wildman–Crippen MR) is 232 cm³/mol. The number of hydrogen-bond donors (Lipinski definition) is 3. The first-order valence-electron chi connectivity index (χ1n) is 20.4. The van der Waals surface area contributed by atoms with Gasteiger partial charge in [0.2, 0.25) is 17.7 Å². The van der Waals surface area contributed by atoms with Crippen LogP contribution >= 0.6 is 11.3 Å². The van der Waals surface area contributed by atoms with Gasteiger partial charge in [0.25, 0.3) is 0 Å². The number of carbonyl (C=O) groups excluding carboxylic acids is 3. The number of halogens is 1. The molecular formula is C47H51FN4O9S. The molecule has 1 aromatic heterocycles. The maximum atomic E-state index is 13.8. The maximum Gasteiger partial charge on any atom is 0.246 e. The number of likely N-dealkylation sites (tertiary alicyclic amines) is 1. The fraction of sp³-hybridized carbons (Fsp3) is 0.362. The third-order valence-electron chi connectivity index (χ3n) is 10.1. The number of phenols is 1. The van der Waals surface area contributed by atoms with Gasteiger partial charge in [-0.1, -0.05) is 45.0 Å². The van der Waals surface area contributed by atoms with E-state index in [0.29, 0.717) is 68.6 Å². The van der Waals surface area contributed by atoms with Crippen molar-refractivity contribution in [2.75, 3.05) is 52.8 Å². The molecule has 3 N–H and O–H groups in total. The van der Waals surface area contributed by atoms with E-state index in [1.54, 1.807) is 83.8 Å². The standard InChI is InChI=1S/C47H51FN4O9S/c1-47(2,3)44(46(56)52-20-4-5-39(52)45(55)50-29-32-8-6-31(28-49)7-9-32)51-41(54)30-59-24-23-57-21-22-58-25-26-60-36-15-17-37(18-16-36)61-42-38-19-14-35(53)27-40(38)62-43(42)33-10-12-34(48)13-11-33/h6-19,27,39,44,53H,4-5,20-26,29-30H2,1-3H3,(H,50,55)(H,51,54)/t39-,44?/m0/s1. The molecule has 0 bridgehead atoms. The van der Waals surface area contributed by atoms with Crippen LogP contribution in [-0.4, -0.2) is 92.6 Å². The smallest absolute Gasteiger partial charge is 0.246 e. The number of aromatic hydroxyl groups is 1. The predicted octanol–water partition coefficient (Wildman–Crippen LogP) is 7.34. The van der Waals surface area contributed by atoms with Gasteiger partial charge in [-0.15, -0.1) is 11.3 Å². The van der Waals surface area contributed by atoms with E-state index < -0.39 is 23.4 Å². The van der Waals surface area contributed by atoms with Gasteiger partial charge in [-0.3, -0.25) is 14.4 Å².